The van der Waals surface area contributed by atoms with Crippen molar-refractivity contribution in [3.8, 4) is 11.1 Å². The smallest absolute Gasteiger partial charge is 0.408 e. The molecule has 2 aliphatic rings. The highest BCUT2D eigenvalue weighted by Crippen LogP contribution is 2.44. The lowest BCUT2D eigenvalue weighted by Gasteiger charge is -2.38. The van der Waals surface area contributed by atoms with E-state index >= 15 is 0 Å². The number of carboxylic acid groups (broad SMARTS) is 1. The van der Waals surface area contributed by atoms with Gasteiger partial charge in [0.2, 0.25) is 5.91 Å². The second-order valence-electron chi connectivity index (χ2n) is 9.28. The molecule has 1 unspecified atom stereocenters. The summed E-state index contributed by atoms with van der Waals surface area (Å²) in [7, 11) is 0. The van der Waals surface area contributed by atoms with Gasteiger partial charge in [-0.15, -0.1) is 0 Å². The van der Waals surface area contributed by atoms with Crippen LogP contribution in [0, 0.1) is 0 Å². The predicted molar refractivity (Wildman–Crippen MR) is 124 cm³/mol. The molecule has 2 amide bonds. The van der Waals surface area contributed by atoms with Crippen LogP contribution in [0.2, 0.25) is 0 Å². The zero-order valence-corrected chi connectivity index (χ0v) is 19.3. The van der Waals surface area contributed by atoms with E-state index in [9.17, 15) is 19.5 Å². The summed E-state index contributed by atoms with van der Waals surface area (Å²) in [5.41, 5.74) is 1.96. The fourth-order valence-electron chi connectivity index (χ4n) is 4.96. The van der Waals surface area contributed by atoms with E-state index < -0.39 is 29.0 Å². The number of likely N-dealkylation sites (tertiary alicyclic amines) is 1. The first kappa shape index (κ1) is 22.8. The number of alkyl carbamates (subject to hydrolysis) is 1. The van der Waals surface area contributed by atoms with Gasteiger partial charge in [0, 0.05) is 12.5 Å². The standard InChI is InChI=1S/C26H30N2O5/c1-4-25(2,22(29)28-15-9-14-26(28,3)23(30)31)27-24(32)33-16-21-19-12-7-5-10-17(19)18-11-6-8-13-20(18)21/h5-8,10-13,21H,4,9,14-16H2,1-3H3,(H,27,32)(H,30,31)/t25?,26-/m1/s1. The molecule has 174 valence electrons. The average Bonchev–Trinajstić information content (AvgIpc) is 3.36. The summed E-state index contributed by atoms with van der Waals surface area (Å²) in [6.45, 7) is 5.46. The highest BCUT2D eigenvalue weighted by Gasteiger charge is 2.50. The highest BCUT2D eigenvalue weighted by molar-refractivity contribution is 5.94. The Labute approximate surface area is 193 Å². The van der Waals surface area contributed by atoms with Crippen molar-refractivity contribution in [2.75, 3.05) is 13.2 Å². The number of hydrogen-bond acceptors (Lipinski definition) is 4. The van der Waals surface area contributed by atoms with Crippen LogP contribution in [0.1, 0.15) is 57.1 Å². The Morgan fingerprint density at radius 3 is 2.24 bits per heavy atom. The fraction of sp³-hybridized carbons (Fsp3) is 0.423. The van der Waals surface area contributed by atoms with Crippen molar-refractivity contribution in [3.63, 3.8) is 0 Å². The molecule has 33 heavy (non-hydrogen) atoms. The summed E-state index contributed by atoms with van der Waals surface area (Å²) in [6, 6.07) is 16.1. The molecule has 0 spiro atoms. The van der Waals surface area contributed by atoms with Crippen LogP contribution in [-0.4, -0.2) is 52.2 Å². The van der Waals surface area contributed by atoms with E-state index in [0.717, 1.165) is 22.3 Å². The molecule has 7 nitrogen and oxygen atoms in total. The molecular formula is C26H30N2O5. The van der Waals surface area contributed by atoms with Gasteiger partial charge in [0.05, 0.1) is 0 Å². The quantitative estimate of drug-likeness (QED) is 0.689. The van der Waals surface area contributed by atoms with Gasteiger partial charge in [0.1, 0.15) is 17.7 Å². The molecular weight excluding hydrogens is 420 g/mol. The predicted octanol–water partition coefficient (Wildman–Crippen LogP) is 4.16. The molecule has 0 radical (unpaired) electrons. The summed E-state index contributed by atoms with van der Waals surface area (Å²) in [5.74, 6) is -1.52. The second kappa shape index (κ2) is 8.54. The topological polar surface area (TPSA) is 95.9 Å². The molecule has 1 saturated heterocycles. The zero-order chi connectivity index (χ0) is 23.8. The van der Waals surface area contributed by atoms with Crippen molar-refractivity contribution in [1.29, 1.82) is 0 Å². The van der Waals surface area contributed by atoms with E-state index in [-0.39, 0.29) is 12.5 Å². The van der Waals surface area contributed by atoms with Crippen LogP contribution in [0.4, 0.5) is 4.79 Å². The minimum atomic E-state index is -1.27. The average molecular weight is 451 g/mol. The van der Waals surface area contributed by atoms with Crippen molar-refractivity contribution in [2.24, 2.45) is 0 Å². The molecule has 1 heterocycles. The first-order chi connectivity index (χ1) is 15.7. The number of aliphatic carboxylic acids is 1. The van der Waals surface area contributed by atoms with Crippen LogP contribution in [0.25, 0.3) is 11.1 Å². The number of amides is 2. The first-order valence-corrected chi connectivity index (χ1v) is 11.4. The Balaban J connectivity index is 1.47. The third-order valence-electron chi connectivity index (χ3n) is 7.25. The lowest BCUT2D eigenvalue weighted by molar-refractivity contribution is -0.157. The van der Waals surface area contributed by atoms with Crippen molar-refractivity contribution in [3.05, 3.63) is 59.7 Å². The number of carbonyl (C=O) groups excluding carboxylic acids is 2. The molecule has 2 aromatic rings. The van der Waals surface area contributed by atoms with E-state index in [0.29, 0.717) is 25.8 Å². The van der Waals surface area contributed by atoms with Gasteiger partial charge in [0.25, 0.3) is 0 Å². The molecule has 4 rings (SSSR count). The SMILES string of the molecule is CCC(C)(NC(=O)OCC1c2ccccc2-c2ccccc21)C(=O)N1CCC[C@]1(C)C(=O)O. The lowest BCUT2D eigenvalue weighted by atomic mass is 9.93. The number of carbonyl (C=O) groups is 3. The molecule has 0 aromatic heterocycles. The molecule has 0 bridgehead atoms. The van der Waals surface area contributed by atoms with Gasteiger partial charge in [-0.3, -0.25) is 4.79 Å². The van der Waals surface area contributed by atoms with Crippen molar-refractivity contribution in [1.82, 2.24) is 10.2 Å². The molecule has 2 N–H and O–H groups in total. The maximum absolute atomic E-state index is 13.3. The van der Waals surface area contributed by atoms with Crippen molar-refractivity contribution in [2.45, 2.75) is 57.0 Å². The molecule has 0 saturated carbocycles. The largest absolute Gasteiger partial charge is 0.480 e. The van der Waals surface area contributed by atoms with Crippen molar-refractivity contribution >= 4 is 18.0 Å². The van der Waals surface area contributed by atoms with E-state index in [1.807, 2.05) is 36.4 Å². The van der Waals surface area contributed by atoms with Gasteiger partial charge in [-0.1, -0.05) is 55.5 Å². The summed E-state index contributed by atoms with van der Waals surface area (Å²) >= 11 is 0. The normalized spacial score (nSPS) is 21.1. The van der Waals surface area contributed by atoms with Crippen LogP contribution in [0.3, 0.4) is 0 Å². The molecule has 7 heteroatoms. The van der Waals surface area contributed by atoms with Gasteiger partial charge in [-0.2, -0.15) is 0 Å². The van der Waals surface area contributed by atoms with E-state index in [2.05, 4.69) is 17.4 Å². The number of nitrogens with one attached hydrogen (secondary N) is 1. The molecule has 2 aromatic carbocycles. The number of benzene rings is 2. The van der Waals surface area contributed by atoms with Crippen LogP contribution in [0.5, 0.6) is 0 Å². The fourth-order valence-corrected chi connectivity index (χ4v) is 4.96. The number of nitrogens with zero attached hydrogens (tertiary/aromatic N) is 1. The van der Waals surface area contributed by atoms with Gasteiger partial charge >= 0.3 is 12.1 Å². The molecule has 1 aliphatic carbocycles. The third kappa shape index (κ3) is 3.86. The van der Waals surface area contributed by atoms with Crippen LogP contribution >= 0.6 is 0 Å². The minimum absolute atomic E-state index is 0.0828. The number of rotatable bonds is 6. The van der Waals surface area contributed by atoms with E-state index in [1.54, 1.807) is 20.8 Å². The number of fused-ring (bicyclic) bond motifs is 3. The third-order valence-corrected chi connectivity index (χ3v) is 7.25. The molecule has 1 aliphatic heterocycles. The van der Waals surface area contributed by atoms with E-state index in [1.165, 1.54) is 4.90 Å². The Morgan fingerprint density at radius 2 is 1.70 bits per heavy atom. The van der Waals surface area contributed by atoms with E-state index in [4.69, 9.17) is 4.74 Å². The highest BCUT2D eigenvalue weighted by atomic mass is 16.5. The monoisotopic (exact) mass is 450 g/mol. The summed E-state index contributed by atoms with van der Waals surface area (Å²) in [6.07, 6.45) is 0.617. The van der Waals surface area contributed by atoms with Gasteiger partial charge in [-0.05, 0) is 55.4 Å². The van der Waals surface area contributed by atoms with Gasteiger partial charge in [-0.25, -0.2) is 9.59 Å². The summed E-state index contributed by atoms with van der Waals surface area (Å²) in [4.78, 5) is 39.3. The first-order valence-electron chi connectivity index (χ1n) is 11.4. The number of carboxylic acids is 1. The second-order valence-corrected chi connectivity index (χ2v) is 9.28. The summed E-state index contributed by atoms with van der Waals surface area (Å²) < 4.78 is 5.61. The maximum atomic E-state index is 13.3. The van der Waals surface area contributed by atoms with Crippen LogP contribution in [0.15, 0.2) is 48.5 Å². The Kier molecular flexibility index (Phi) is 5.91. The number of hydrogen-bond donors (Lipinski definition) is 2. The lowest BCUT2D eigenvalue weighted by Crippen LogP contribution is -2.62. The molecule has 2 atom stereocenters. The minimum Gasteiger partial charge on any atom is -0.480 e. The maximum Gasteiger partial charge on any atom is 0.408 e. The number of ether oxygens (including phenoxy) is 1. The zero-order valence-electron chi connectivity index (χ0n) is 19.3. The summed E-state index contributed by atoms with van der Waals surface area (Å²) in [5, 5.41) is 12.4. The Morgan fingerprint density at radius 1 is 1.12 bits per heavy atom. The Hall–Kier alpha value is -3.35. The van der Waals surface area contributed by atoms with Crippen LogP contribution in [-0.2, 0) is 14.3 Å². The Bertz CT molecular complexity index is 1050. The van der Waals surface area contributed by atoms with Crippen molar-refractivity contribution < 1.29 is 24.2 Å². The van der Waals surface area contributed by atoms with Crippen LogP contribution < -0.4 is 5.32 Å². The van der Waals surface area contributed by atoms with Gasteiger partial charge in [0.15, 0.2) is 0 Å². The molecule has 1 fully saturated rings. The van der Waals surface area contributed by atoms with Gasteiger partial charge < -0.3 is 20.1 Å².